The Morgan fingerprint density at radius 3 is 2.50 bits per heavy atom. The van der Waals surface area contributed by atoms with Crippen molar-refractivity contribution in [3.8, 4) is 0 Å². The molecule has 0 unspecified atom stereocenters. The van der Waals surface area contributed by atoms with Crippen molar-refractivity contribution in [2.45, 2.75) is 40.5 Å². The molecule has 0 saturated carbocycles. The zero-order valence-electron chi connectivity index (χ0n) is 9.13. The highest BCUT2D eigenvalue weighted by Gasteiger charge is 2.22. The van der Waals surface area contributed by atoms with Gasteiger partial charge in [-0.1, -0.05) is 27.7 Å². The van der Waals surface area contributed by atoms with E-state index in [0.717, 1.165) is 17.3 Å². The molecule has 1 aromatic rings. The van der Waals surface area contributed by atoms with E-state index in [1.54, 1.807) is 0 Å². The molecule has 1 heterocycles. The number of rotatable bonds is 3. The summed E-state index contributed by atoms with van der Waals surface area (Å²) in [5.41, 5.74) is -0.280. The maximum Gasteiger partial charge on any atom is 0.145 e. The smallest absolute Gasteiger partial charge is 0.145 e. The van der Waals surface area contributed by atoms with E-state index in [1.165, 1.54) is 11.5 Å². The Labute approximate surface area is 88.7 Å². The molecule has 3 nitrogen and oxygen atoms in total. The number of aryl methyl sites for hydroxylation is 1. The third-order valence-corrected chi connectivity index (χ3v) is 2.72. The van der Waals surface area contributed by atoms with Gasteiger partial charge in [0.15, 0.2) is 0 Å². The van der Waals surface area contributed by atoms with E-state index in [9.17, 15) is 4.79 Å². The van der Waals surface area contributed by atoms with E-state index in [1.807, 2.05) is 27.7 Å². The van der Waals surface area contributed by atoms with Crippen LogP contribution < -0.4 is 0 Å². The lowest BCUT2D eigenvalue weighted by Crippen LogP contribution is -2.21. The summed E-state index contributed by atoms with van der Waals surface area (Å²) in [7, 11) is 0. The maximum atomic E-state index is 11.7. The number of hydrogen-bond acceptors (Lipinski definition) is 4. The van der Waals surface area contributed by atoms with Gasteiger partial charge in [-0.2, -0.15) is 4.37 Å². The number of aromatic nitrogens is 2. The Kier molecular flexibility index (Phi) is 3.37. The minimum absolute atomic E-state index is 0.219. The van der Waals surface area contributed by atoms with Gasteiger partial charge in [-0.05, 0) is 11.5 Å². The summed E-state index contributed by atoms with van der Waals surface area (Å²) in [6, 6.07) is 0. The molecule has 0 atom stereocenters. The molecule has 0 amide bonds. The van der Waals surface area contributed by atoms with E-state index in [0.29, 0.717) is 6.42 Å². The highest BCUT2D eigenvalue weighted by Crippen LogP contribution is 2.18. The third kappa shape index (κ3) is 2.87. The standard InChI is InChI=1S/C10H16N2OS/c1-5-8-11-9(14-12-8)6-7(13)10(2,3)4/h5-6H2,1-4H3. The van der Waals surface area contributed by atoms with Gasteiger partial charge < -0.3 is 0 Å². The van der Waals surface area contributed by atoms with Gasteiger partial charge in [0, 0.05) is 11.8 Å². The predicted octanol–water partition coefficient (Wildman–Crippen LogP) is 2.26. The first-order valence-corrected chi connectivity index (χ1v) is 5.55. The molecule has 0 aliphatic heterocycles. The highest BCUT2D eigenvalue weighted by atomic mass is 32.1. The average Bonchev–Trinajstić information content (AvgIpc) is 2.50. The number of nitrogens with zero attached hydrogens (tertiary/aromatic N) is 2. The summed E-state index contributed by atoms with van der Waals surface area (Å²) < 4.78 is 4.15. The first kappa shape index (κ1) is 11.3. The van der Waals surface area contributed by atoms with Gasteiger partial charge in [0.05, 0.1) is 6.42 Å². The van der Waals surface area contributed by atoms with Gasteiger partial charge in [0.25, 0.3) is 0 Å². The number of Topliss-reactive ketones (excluding diaryl/α,β-unsaturated/α-hetero) is 1. The maximum absolute atomic E-state index is 11.7. The molecule has 0 radical (unpaired) electrons. The lowest BCUT2D eigenvalue weighted by atomic mass is 9.89. The largest absolute Gasteiger partial charge is 0.299 e. The van der Waals surface area contributed by atoms with E-state index < -0.39 is 0 Å². The summed E-state index contributed by atoms with van der Waals surface area (Å²) >= 11 is 1.34. The van der Waals surface area contributed by atoms with Crippen LogP contribution in [0.4, 0.5) is 0 Å². The molecule has 4 heteroatoms. The zero-order chi connectivity index (χ0) is 10.8. The third-order valence-electron chi connectivity index (χ3n) is 1.97. The number of carbonyl (C=O) groups is 1. The Morgan fingerprint density at radius 2 is 2.07 bits per heavy atom. The molecule has 0 saturated heterocycles. The number of carbonyl (C=O) groups excluding carboxylic acids is 1. The Bertz CT molecular complexity index is 325. The molecular formula is C10H16N2OS. The van der Waals surface area contributed by atoms with Gasteiger partial charge >= 0.3 is 0 Å². The van der Waals surface area contributed by atoms with Crippen LogP contribution >= 0.6 is 11.5 Å². The second kappa shape index (κ2) is 4.17. The average molecular weight is 212 g/mol. The van der Waals surface area contributed by atoms with Crippen molar-refractivity contribution in [3.63, 3.8) is 0 Å². The summed E-state index contributed by atoms with van der Waals surface area (Å²) in [5, 5.41) is 0.835. The Morgan fingerprint density at radius 1 is 1.43 bits per heavy atom. The Balaban J connectivity index is 2.65. The molecule has 0 spiro atoms. The summed E-state index contributed by atoms with van der Waals surface area (Å²) in [6.45, 7) is 7.79. The molecule has 1 aromatic heterocycles. The van der Waals surface area contributed by atoms with E-state index in [2.05, 4.69) is 9.36 Å². The van der Waals surface area contributed by atoms with Crippen molar-refractivity contribution in [1.29, 1.82) is 0 Å². The van der Waals surface area contributed by atoms with Crippen molar-refractivity contribution in [1.82, 2.24) is 9.36 Å². The fraction of sp³-hybridized carbons (Fsp3) is 0.700. The fourth-order valence-corrected chi connectivity index (χ4v) is 1.63. The van der Waals surface area contributed by atoms with E-state index >= 15 is 0 Å². The van der Waals surface area contributed by atoms with Crippen LogP contribution in [0, 0.1) is 5.41 Å². The first-order chi connectivity index (χ1) is 6.43. The lowest BCUT2D eigenvalue weighted by molar-refractivity contribution is -0.125. The second-order valence-electron chi connectivity index (χ2n) is 4.31. The van der Waals surface area contributed by atoms with Gasteiger partial charge in [-0.15, -0.1) is 0 Å². The summed E-state index contributed by atoms with van der Waals surface area (Å²) in [4.78, 5) is 15.9. The minimum Gasteiger partial charge on any atom is -0.299 e. The van der Waals surface area contributed by atoms with Crippen LogP contribution in [-0.2, 0) is 17.6 Å². The van der Waals surface area contributed by atoms with Crippen molar-refractivity contribution >= 4 is 17.3 Å². The van der Waals surface area contributed by atoms with Gasteiger partial charge in [0.1, 0.15) is 16.6 Å². The molecular weight excluding hydrogens is 196 g/mol. The zero-order valence-corrected chi connectivity index (χ0v) is 9.94. The first-order valence-electron chi connectivity index (χ1n) is 4.78. The quantitative estimate of drug-likeness (QED) is 0.772. The molecule has 78 valence electrons. The van der Waals surface area contributed by atoms with Gasteiger partial charge in [-0.25, -0.2) is 4.98 Å². The van der Waals surface area contributed by atoms with Gasteiger partial charge in [0.2, 0.25) is 0 Å². The Hall–Kier alpha value is -0.770. The second-order valence-corrected chi connectivity index (χ2v) is 5.14. The van der Waals surface area contributed by atoms with Crippen LogP contribution in [0.2, 0.25) is 0 Å². The van der Waals surface area contributed by atoms with Crippen molar-refractivity contribution in [2.24, 2.45) is 5.41 Å². The number of ketones is 1. The highest BCUT2D eigenvalue weighted by molar-refractivity contribution is 7.05. The molecule has 0 aliphatic rings. The molecule has 0 N–H and O–H groups in total. The monoisotopic (exact) mass is 212 g/mol. The van der Waals surface area contributed by atoms with Crippen LogP contribution in [0.15, 0.2) is 0 Å². The summed E-state index contributed by atoms with van der Waals surface area (Å²) in [5.74, 6) is 1.06. The topological polar surface area (TPSA) is 42.9 Å². The summed E-state index contributed by atoms with van der Waals surface area (Å²) in [6.07, 6.45) is 1.25. The van der Waals surface area contributed by atoms with E-state index in [4.69, 9.17) is 0 Å². The lowest BCUT2D eigenvalue weighted by Gasteiger charge is -2.14. The van der Waals surface area contributed by atoms with Crippen LogP contribution in [0.1, 0.15) is 38.5 Å². The van der Waals surface area contributed by atoms with Crippen molar-refractivity contribution in [2.75, 3.05) is 0 Å². The van der Waals surface area contributed by atoms with E-state index in [-0.39, 0.29) is 11.2 Å². The number of hydrogen-bond donors (Lipinski definition) is 0. The van der Waals surface area contributed by atoms with Gasteiger partial charge in [-0.3, -0.25) is 4.79 Å². The molecule has 0 aromatic carbocycles. The van der Waals surface area contributed by atoms with Crippen molar-refractivity contribution in [3.05, 3.63) is 10.8 Å². The van der Waals surface area contributed by atoms with Crippen molar-refractivity contribution < 1.29 is 4.79 Å². The van der Waals surface area contributed by atoms with Crippen LogP contribution in [-0.4, -0.2) is 15.1 Å². The minimum atomic E-state index is -0.280. The predicted molar refractivity (Wildman–Crippen MR) is 57.5 cm³/mol. The molecule has 0 bridgehead atoms. The molecule has 1 rings (SSSR count). The van der Waals surface area contributed by atoms with Crippen LogP contribution in [0.3, 0.4) is 0 Å². The SMILES string of the molecule is CCc1nsc(CC(=O)C(C)(C)C)n1. The molecule has 14 heavy (non-hydrogen) atoms. The van der Waals surface area contributed by atoms with Crippen LogP contribution in [0.5, 0.6) is 0 Å². The fourth-order valence-electron chi connectivity index (χ4n) is 0.908. The normalized spacial score (nSPS) is 11.7. The molecule has 0 fully saturated rings. The molecule has 0 aliphatic carbocycles. The van der Waals surface area contributed by atoms with Crippen LogP contribution in [0.25, 0.3) is 0 Å².